The van der Waals surface area contributed by atoms with E-state index in [1.165, 1.54) is 0 Å². The summed E-state index contributed by atoms with van der Waals surface area (Å²) in [7, 11) is 3.17. The minimum Gasteiger partial charge on any atom is -0.493 e. The van der Waals surface area contributed by atoms with Crippen LogP contribution in [-0.4, -0.2) is 32.6 Å². The van der Waals surface area contributed by atoms with Crippen LogP contribution in [0.4, 0.5) is 0 Å². The quantitative estimate of drug-likeness (QED) is 0.493. The molecule has 6 nitrogen and oxygen atoms in total. The molecule has 1 atom stereocenters. The first kappa shape index (κ1) is 22.8. The molecule has 0 heterocycles. The van der Waals surface area contributed by atoms with Crippen LogP contribution in [0, 0.1) is 11.8 Å². The van der Waals surface area contributed by atoms with E-state index in [9.17, 15) is 9.59 Å². The minimum atomic E-state index is -0.285. The molecule has 30 heavy (non-hydrogen) atoms. The smallest absolute Gasteiger partial charge is 0.295 e. The molecular weight excluding hydrogens is 380 g/mol. The summed E-state index contributed by atoms with van der Waals surface area (Å²) in [4.78, 5) is 24.3. The molecule has 2 amide bonds. The van der Waals surface area contributed by atoms with Gasteiger partial charge < -0.3 is 20.1 Å². The largest absolute Gasteiger partial charge is 0.493 e. The van der Waals surface area contributed by atoms with Gasteiger partial charge in [-0.3, -0.25) is 9.59 Å². The van der Waals surface area contributed by atoms with Crippen molar-refractivity contribution in [2.24, 2.45) is 0 Å². The third-order valence-corrected chi connectivity index (χ3v) is 4.66. The average molecular weight is 408 g/mol. The van der Waals surface area contributed by atoms with E-state index in [4.69, 9.17) is 9.47 Å². The number of hydrogen-bond acceptors (Lipinski definition) is 4. The van der Waals surface area contributed by atoms with E-state index in [-0.39, 0.29) is 17.9 Å². The lowest BCUT2D eigenvalue weighted by Gasteiger charge is -2.18. The van der Waals surface area contributed by atoms with Gasteiger partial charge in [0.1, 0.15) is 0 Å². The zero-order valence-electron chi connectivity index (χ0n) is 17.9. The molecule has 0 aliphatic rings. The first-order chi connectivity index (χ1) is 14.5. The molecule has 2 rings (SSSR count). The first-order valence-electron chi connectivity index (χ1n) is 9.81. The standard InChI is InChI=1S/C24H28N2O4/c1-5-9-23(27)25-15-8-11-18-10-6-7-12-20(18)24(28)26-17(2)19-13-14-21(29-3)22(16-19)30-4/h6-7,10,12-14,16-17H,8,11,15H2,1-4H3,(H,25,27)(H,26,28)/t17-/m1/s1. The van der Waals surface area contributed by atoms with Crippen molar-refractivity contribution in [1.82, 2.24) is 10.6 Å². The second-order valence-corrected chi connectivity index (χ2v) is 6.70. The molecule has 0 radical (unpaired) electrons. The highest BCUT2D eigenvalue weighted by Gasteiger charge is 2.16. The molecule has 0 fully saturated rings. The second kappa shape index (κ2) is 11.5. The lowest BCUT2D eigenvalue weighted by molar-refractivity contribution is -0.115. The van der Waals surface area contributed by atoms with Gasteiger partial charge in [0.25, 0.3) is 11.8 Å². The number of nitrogens with one attached hydrogen (secondary N) is 2. The lowest BCUT2D eigenvalue weighted by Crippen LogP contribution is -2.28. The Bertz CT molecular complexity index is 944. The van der Waals surface area contributed by atoms with Crippen LogP contribution in [0.25, 0.3) is 0 Å². The fourth-order valence-electron chi connectivity index (χ4n) is 3.08. The highest BCUT2D eigenvalue weighted by atomic mass is 16.5. The van der Waals surface area contributed by atoms with Gasteiger partial charge in [0.2, 0.25) is 0 Å². The third kappa shape index (κ3) is 6.28. The molecule has 0 aliphatic carbocycles. The van der Waals surface area contributed by atoms with Gasteiger partial charge in [-0.25, -0.2) is 0 Å². The van der Waals surface area contributed by atoms with Crippen LogP contribution in [0.1, 0.15) is 47.8 Å². The number of aryl methyl sites for hydroxylation is 1. The van der Waals surface area contributed by atoms with Crippen molar-refractivity contribution >= 4 is 11.8 Å². The van der Waals surface area contributed by atoms with Crippen molar-refractivity contribution in [1.29, 1.82) is 0 Å². The van der Waals surface area contributed by atoms with E-state index in [0.717, 1.165) is 11.1 Å². The summed E-state index contributed by atoms with van der Waals surface area (Å²) in [5.74, 6) is 5.84. The van der Waals surface area contributed by atoms with E-state index in [0.29, 0.717) is 36.4 Å². The maximum Gasteiger partial charge on any atom is 0.295 e. The maximum absolute atomic E-state index is 12.9. The molecular formula is C24H28N2O4. The molecule has 0 aliphatic heterocycles. The molecule has 0 bridgehead atoms. The number of hydrogen-bond donors (Lipinski definition) is 2. The van der Waals surface area contributed by atoms with Gasteiger partial charge in [-0.15, -0.1) is 0 Å². The number of benzene rings is 2. The molecule has 2 N–H and O–H groups in total. The zero-order chi connectivity index (χ0) is 21.9. The molecule has 6 heteroatoms. The molecule has 0 saturated heterocycles. The van der Waals surface area contributed by atoms with E-state index in [1.807, 2.05) is 49.4 Å². The van der Waals surface area contributed by atoms with Gasteiger partial charge in [0, 0.05) is 12.1 Å². The summed E-state index contributed by atoms with van der Waals surface area (Å²) >= 11 is 0. The average Bonchev–Trinajstić information content (AvgIpc) is 2.76. The van der Waals surface area contributed by atoms with Gasteiger partial charge in [-0.2, -0.15) is 0 Å². The van der Waals surface area contributed by atoms with Crippen LogP contribution in [0.2, 0.25) is 0 Å². The fraction of sp³-hybridized carbons (Fsp3) is 0.333. The summed E-state index contributed by atoms with van der Waals surface area (Å²) in [5, 5.41) is 5.78. The van der Waals surface area contributed by atoms with Crippen LogP contribution in [0.15, 0.2) is 42.5 Å². The lowest BCUT2D eigenvalue weighted by atomic mass is 10.0. The fourth-order valence-corrected chi connectivity index (χ4v) is 3.08. The Morgan fingerprint density at radius 3 is 2.50 bits per heavy atom. The molecule has 0 spiro atoms. The van der Waals surface area contributed by atoms with Gasteiger partial charge in [0.15, 0.2) is 11.5 Å². The highest BCUT2D eigenvalue weighted by molar-refractivity contribution is 5.96. The molecule has 0 aromatic heterocycles. The molecule has 2 aromatic carbocycles. The van der Waals surface area contributed by atoms with Crippen LogP contribution in [0.5, 0.6) is 11.5 Å². The Morgan fingerprint density at radius 1 is 1.07 bits per heavy atom. The van der Waals surface area contributed by atoms with Gasteiger partial charge >= 0.3 is 0 Å². The van der Waals surface area contributed by atoms with Crippen molar-refractivity contribution in [3.63, 3.8) is 0 Å². The SMILES string of the molecule is CC#CC(=O)NCCCc1ccccc1C(=O)N[C@H](C)c1ccc(OC)c(OC)c1. The topological polar surface area (TPSA) is 76.7 Å². The van der Waals surface area contributed by atoms with Crippen molar-refractivity contribution in [2.45, 2.75) is 32.7 Å². The van der Waals surface area contributed by atoms with Crippen molar-refractivity contribution in [3.8, 4) is 23.3 Å². The number of amides is 2. The summed E-state index contributed by atoms with van der Waals surface area (Å²) in [5.41, 5.74) is 2.48. The van der Waals surface area contributed by atoms with Crippen molar-refractivity contribution in [2.75, 3.05) is 20.8 Å². The van der Waals surface area contributed by atoms with E-state index in [2.05, 4.69) is 22.5 Å². The highest BCUT2D eigenvalue weighted by Crippen LogP contribution is 2.30. The number of ether oxygens (including phenoxy) is 2. The summed E-state index contributed by atoms with van der Waals surface area (Å²) in [6, 6.07) is 12.9. The summed E-state index contributed by atoms with van der Waals surface area (Å²) in [6.45, 7) is 4.05. The normalized spacial score (nSPS) is 10.9. The van der Waals surface area contributed by atoms with E-state index >= 15 is 0 Å². The van der Waals surface area contributed by atoms with Crippen molar-refractivity contribution < 1.29 is 19.1 Å². The summed E-state index contributed by atoms with van der Waals surface area (Å²) < 4.78 is 10.6. The molecule has 0 unspecified atom stereocenters. The number of rotatable bonds is 9. The van der Waals surface area contributed by atoms with Crippen LogP contribution in [0.3, 0.4) is 0 Å². The maximum atomic E-state index is 12.9. The second-order valence-electron chi connectivity index (χ2n) is 6.70. The summed E-state index contributed by atoms with van der Waals surface area (Å²) in [6.07, 6.45) is 1.39. The van der Waals surface area contributed by atoms with E-state index < -0.39 is 0 Å². The Morgan fingerprint density at radius 2 is 1.80 bits per heavy atom. The van der Waals surface area contributed by atoms with Crippen LogP contribution >= 0.6 is 0 Å². The molecule has 2 aromatic rings. The predicted octanol–water partition coefficient (Wildman–Crippen LogP) is 3.27. The Hall–Kier alpha value is -3.46. The van der Waals surface area contributed by atoms with E-state index in [1.54, 1.807) is 21.1 Å². The molecule has 0 saturated carbocycles. The third-order valence-electron chi connectivity index (χ3n) is 4.66. The number of methoxy groups -OCH3 is 2. The van der Waals surface area contributed by atoms with Crippen LogP contribution < -0.4 is 20.1 Å². The Balaban J connectivity index is 2.03. The van der Waals surface area contributed by atoms with Crippen molar-refractivity contribution in [3.05, 3.63) is 59.2 Å². The minimum absolute atomic E-state index is 0.145. The Kier molecular flexibility index (Phi) is 8.76. The monoisotopic (exact) mass is 408 g/mol. The van der Waals surface area contributed by atoms with Gasteiger partial charge in [-0.05, 0) is 61.9 Å². The van der Waals surface area contributed by atoms with Gasteiger partial charge in [0.05, 0.1) is 20.3 Å². The van der Waals surface area contributed by atoms with Crippen LogP contribution in [-0.2, 0) is 11.2 Å². The number of carbonyl (C=O) groups is 2. The van der Waals surface area contributed by atoms with Gasteiger partial charge in [-0.1, -0.05) is 30.2 Å². The number of carbonyl (C=O) groups excluding carboxylic acids is 2. The first-order valence-corrected chi connectivity index (χ1v) is 9.81. The zero-order valence-corrected chi connectivity index (χ0v) is 17.9. The molecule has 158 valence electrons. The predicted molar refractivity (Wildman–Crippen MR) is 117 cm³/mol. The Labute approximate surface area is 178 Å².